The Hall–Kier alpha value is -2.41. The molecule has 0 fully saturated rings. The van der Waals surface area contributed by atoms with Crippen LogP contribution in [0.3, 0.4) is 0 Å². The van der Waals surface area contributed by atoms with Crippen LogP contribution in [0.5, 0.6) is 0 Å². The molecule has 100 valence electrons. The fraction of sp³-hybridized carbons (Fsp3) is 0. The molecular formula is C13H10BrN5O. The van der Waals surface area contributed by atoms with E-state index in [0.29, 0.717) is 16.7 Å². The van der Waals surface area contributed by atoms with Crippen molar-refractivity contribution < 1.29 is 0 Å². The number of nitrogen functional groups attached to an aromatic ring is 1. The van der Waals surface area contributed by atoms with Crippen molar-refractivity contribution >= 4 is 38.6 Å². The second-order valence-electron chi connectivity index (χ2n) is 4.11. The minimum Gasteiger partial charge on any atom is -0.333 e. The molecule has 0 aliphatic rings. The van der Waals surface area contributed by atoms with Crippen molar-refractivity contribution in [1.29, 1.82) is 0 Å². The highest BCUT2D eigenvalue weighted by Gasteiger charge is 2.08. The third kappa shape index (κ3) is 2.23. The normalized spacial score (nSPS) is 10.7. The lowest BCUT2D eigenvalue weighted by Crippen LogP contribution is -2.30. The third-order valence-electron chi connectivity index (χ3n) is 2.78. The van der Waals surface area contributed by atoms with Crippen LogP contribution in [0.2, 0.25) is 0 Å². The molecule has 0 unspecified atom stereocenters. The van der Waals surface area contributed by atoms with E-state index in [4.69, 9.17) is 5.84 Å². The van der Waals surface area contributed by atoms with E-state index in [1.807, 2.05) is 12.1 Å². The number of aromatic nitrogens is 3. The van der Waals surface area contributed by atoms with E-state index in [9.17, 15) is 4.79 Å². The largest absolute Gasteiger partial charge is 0.333 e. The molecule has 0 aliphatic carbocycles. The highest BCUT2D eigenvalue weighted by Crippen LogP contribution is 2.15. The maximum atomic E-state index is 12.1. The maximum absolute atomic E-state index is 12.1. The molecule has 0 atom stereocenters. The standard InChI is InChI=1S/C13H10BrN5O/c14-8-5-6-11(16-7-8)18-13-17-10-4-2-1-3-9(10)12(20)19(13)15/h1-7H,15H2,(H,16,17,18). The third-order valence-corrected chi connectivity index (χ3v) is 3.24. The molecule has 2 heterocycles. The Morgan fingerprint density at radius 3 is 2.75 bits per heavy atom. The fourth-order valence-electron chi connectivity index (χ4n) is 1.80. The number of nitrogens with two attached hydrogens (primary N) is 1. The molecule has 0 aliphatic heterocycles. The van der Waals surface area contributed by atoms with E-state index >= 15 is 0 Å². The number of nitrogens with zero attached hydrogens (tertiary/aromatic N) is 3. The van der Waals surface area contributed by atoms with Crippen LogP contribution in [0.25, 0.3) is 10.9 Å². The molecule has 0 saturated heterocycles. The van der Waals surface area contributed by atoms with Crippen LogP contribution < -0.4 is 16.7 Å². The Balaban J connectivity index is 2.10. The van der Waals surface area contributed by atoms with Gasteiger partial charge in [0.25, 0.3) is 5.56 Å². The van der Waals surface area contributed by atoms with E-state index in [2.05, 4.69) is 31.2 Å². The Bertz CT molecular complexity index is 828. The summed E-state index contributed by atoms with van der Waals surface area (Å²) in [5.41, 5.74) is 0.272. The number of hydrogen-bond acceptors (Lipinski definition) is 5. The van der Waals surface area contributed by atoms with E-state index in [-0.39, 0.29) is 11.5 Å². The van der Waals surface area contributed by atoms with Gasteiger partial charge in [-0.2, -0.15) is 4.68 Å². The number of fused-ring (bicyclic) bond motifs is 1. The fourth-order valence-corrected chi connectivity index (χ4v) is 2.03. The molecule has 0 amide bonds. The van der Waals surface area contributed by atoms with Gasteiger partial charge in [-0.15, -0.1) is 0 Å². The van der Waals surface area contributed by atoms with E-state index in [1.165, 1.54) is 0 Å². The summed E-state index contributed by atoms with van der Waals surface area (Å²) in [7, 11) is 0. The second-order valence-corrected chi connectivity index (χ2v) is 5.03. The number of para-hydroxylation sites is 1. The molecule has 3 N–H and O–H groups in total. The summed E-state index contributed by atoms with van der Waals surface area (Å²) in [4.78, 5) is 20.6. The van der Waals surface area contributed by atoms with E-state index in [1.54, 1.807) is 30.5 Å². The Morgan fingerprint density at radius 1 is 1.20 bits per heavy atom. The summed E-state index contributed by atoms with van der Waals surface area (Å²) in [6.07, 6.45) is 1.64. The molecule has 1 aromatic carbocycles. The number of anilines is 2. The first-order valence-corrected chi connectivity index (χ1v) is 6.60. The van der Waals surface area contributed by atoms with Crippen molar-refractivity contribution in [3.63, 3.8) is 0 Å². The molecule has 3 aromatic rings. The number of hydrogen-bond donors (Lipinski definition) is 2. The van der Waals surface area contributed by atoms with Gasteiger partial charge < -0.3 is 11.2 Å². The van der Waals surface area contributed by atoms with Crippen LogP contribution >= 0.6 is 15.9 Å². The number of rotatable bonds is 2. The summed E-state index contributed by atoms with van der Waals surface area (Å²) < 4.78 is 1.84. The molecule has 2 aromatic heterocycles. The number of benzene rings is 1. The monoisotopic (exact) mass is 331 g/mol. The predicted molar refractivity (Wildman–Crippen MR) is 81.4 cm³/mol. The zero-order valence-electron chi connectivity index (χ0n) is 10.2. The maximum Gasteiger partial charge on any atom is 0.281 e. The van der Waals surface area contributed by atoms with Gasteiger partial charge in [0, 0.05) is 10.7 Å². The highest BCUT2D eigenvalue weighted by atomic mass is 79.9. The van der Waals surface area contributed by atoms with Gasteiger partial charge >= 0.3 is 0 Å². The van der Waals surface area contributed by atoms with Crippen LogP contribution in [-0.4, -0.2) is 14.6 Å². The molecule has 0 spiro atoms. The van der Waals surface area contributed by atoms with Crippen molar-refractivity contribution in [1.82, 2.24) is 14.6 Å². The average molecular weight is 332 g/mol. The topological polar surface area (TPSA) is 85.8 Å². The predicted octanol–water partition coefficient (Wildman–Crippen LogP) is 2.01. The van der Waals surface area contributed by atoms with Crippen LogP contribution in [0.1, 0.15) is 0 Å². The van der Waals surface area contributed by atoms with E-state index in [0.717, 1.165) is 9.15 Å². The lowest BCUT2D eigenvalue weighted by molar-refractivity contribution is 0.924. The van der Waals surface area contributed by atoms with Crippen LogP contribution in [0, 0.1) is 0 Å². The first-order valence-electron chi connectivity index (χ1n) is 5.80. The molecule has 7 heteroatoms. The van der Waals surface area contributed by atoms with Gasteiger partial charge in [0.2, 0.25) is 5.95 Å². The number of pyridine rings is 1. The second kappa shape index (κ2) is 4.93. The van der Waals surface area contributed by atoms with Crippen LogP contribution in [0.4, 0.5) is 11.8 Å². The smallest absolute Gasteiger partial charge is 0.281 e. The summed E-state index contributed by atoms with van der Waals surface area (Å²) >= 11 is 3.30. The highest BCUT2D eigenvalue weighted by molar-refractivity contribution is 9.10. The molecule has 20 heavy (non-hydrogen) atoms. The molecule has 0 bridgehead atoms. The molecule has 6 nitrogen and oxygen atoms in total. The number of halogens is 1. The molecule has 0 saturated carbocycles. The molecule has 3 rings (SSSR count). The lowest BCUT2D eigenvalue weighted by atomic mass is 10.2. The van der Waals surface area contributed by atoms with Gasteiger partial charge in [0.1, 0.15) is 5.82 Å². The van der Waals surface area contributed by atoms with Gasteiger partial charge in [0.05, 0.1) is 10.9 Å². The SMILES string of the molecule is Nn1c(Nc2ccc(Br)cn2)nc2ccccc2c1=O. The molecular weight excluding hydrogens is 322 g/mol. The number of nitrogens with one attached hydrogen (secondary N) is 1. The average Bonchev–Trinajstić information content (AvgIpc) is 2.47. The van der Waals surface area contributed by atoms with Crippen molar-refractivity contribution in [2.75, 3.05) is 11.2 Å². The van der Waals surface area contributed by atoms with Crippen molar-refractivity contribution in [3.8, 4) is 0 Å². The zero-order chi connectivity index (χ0) is 14.1. The quantitative estimate of drug-likeness (QED) is 0.701. The van der Waals surface area contributed by atoms with Gasteiger partial charge in [-0.05, 0) is 40.2 Å². The van der Waals surface area contributed by atoms with Crippen LogP contribution in [-0.2, 0) is 0 Å². The Labute approximate surface area is 122 Å². The van der Waals surface area contributed by atoms with Gasteiger partial charge in [-0.1, -0.05) is 12.1 Å². The first kappa shape index (κ1) is 12.6. The summed E-state index contributed by atoms with van der Waals surface area (Å²) in [5, 5.41) is 3.40. The van der Waals surface area contributed by atoms with Crippen LogP contribution in [0.15, 0.2) is 51.9 Å². The minimum absolute atomic E-state index is 0.239. The Morgan fingerprint density at radius 2 is 2.00 bits per heavy atom. The van der Waals surface area contributed by atoms with Crippen molar-refractivity contribution in [3.05, 3.63) is 57.4 Å². The van der Waals surface area contributed by atoms with E-state index < -0.39 is 0 Å². The van der Waals surface area contributed by atoms with Gasteiger partial charge in [-0.3, -0.25) is 4.79 Å². The van der Waals surface area contributed by atoms with Gasteiger partial charge in [0.15, 0.2) is 0 Å². The first-order chi connectivity index (χ1) is 9.65. The summed E-state index contributed by atoms with van der Waals surface area (Å²) in [6, 6.07) is 10.6. The van der Waals surface area contributed by atoms with Gasteiger partial charge in [-0.25, -0.2) is 9.97 Å². The van der Waals surface area contributed by atoms with Crippen molar-refractivity contribution in [2.24, 2.45) is 0 Å². The van der Waals surface area contributed by atoms with Crippen molar-refractivity contribution in [2.45, 2.75) is 0 Å². The summed E-state index contributed by atoms with van der Waals surface area (Å²) in [5.74, 6) is 6.56. The Kier molecular flexibility index (Phi) is 3.11. The zero-order valence-corrected chi connectivity index (χ0v) is 11.8. The lowest BCUT2D eigenvalue weighted by Gasteiger charge is -2.10. The summed E-state index contributed by atoms with van der Waals surface area (Å²) in [6.45, 7) is 0. The molecule has 0 radical (unpaired) electrons. The minimum atomic E-state index is -0.310.